The lowest BCUT2D eigenvalue weighted by Gasteiger charge is -2.10. The van der Waals surface area contributed by atoms with Gasteiger partial charge in [-0.25, -0.2) is 4.39 Å². The van der Waals surface area contributed by atoms with Crippen molar-refractivity contribution in [3.63, 3.8) is 0 Å². The summed E-state index contributed by atoms with van der Waals surface area (Å²) in [7, 11) is 0. The van der Waals surface area contributed by atoms with Gasteiger partial charge in [0.2, 0.25) is 11.0 Å². The Morgan fingerprint density at radius 3 is 2.29 bits per heavy atom. The largest absolute Gasteiger partial charge is 0.330 e. The molecule has 0 radical (unpaired) electrons. The fraction of sp³-hybridized carbons (Fsp3) is 0.250. The van der Waals surface area contributed by atoms with Crippen LogP contribution < -0.4 is 10.6 Å². The molecule has 146 valence electrons. The minimum absolute atomic E-state index is 0.175. The number of benzene rings is 2. The third-order valence-electron chi connectivity index (χ3n) is 3.99. The number of rotatable bonds is 7. The zero-order valence-corrected chi connectivity index (χ0v) is 17.4. The summed E-state index contributed by atoms with van der Waals surface area (Å²) >= 11 is 2.72. The maximum absolute atomic E-state index is 12.9. The lowest BCUT2D eigenvalue weighted by molar-refractivity contribution is -0.115. The molecule has 0 aliphatic heterocycles. The molecule has 0 fully saturated rings. The van der Waals surface area contributed by atoms with E-state index in [1.807, 2.05) is 12.1 Å². The number of nitrogens with one attached hydrogen (secondary N) is 2. The van der Waals surface area contributed by atoms with Crippen molar-refractivity contribution in [2.24, 2.45) is 0 Å². The molecule has 28 heavy (non-hydrogen) atoms. The van der Waals surface area contributed by atoms with Crippen molar-refractivity contribution in [3.8, 4) is 0 Å². The average Bonchev–Trinajstić information content (AvgIpc) is 3.10. The second-order valence-corrected chi connectivity index (χ2v) is 9.10. The second-order valence-electron chi connectivity index (χ2n) is 6.53. The van der Waals surface area contributed by atoms with Crippen molar-refractivity contribution < 1.29 is 9.18 Å². The van der Waals surface area contributed by atoms with Gasteiger partial charge in [-0.05, 0) is 54.8 Å². The van der Waals surface area contributed by atoms with Crippen molar-refractivity contribution >= 4 is 45.5 Å². The number of hydrogen-bond donors (Lipinski definition) is 2. The average molecular weight is 417 g/mol. The minimum Gasteiger partial charge on any atom is -0.330 e. The molecule has 0 saturated carbocycles. The van der Waals surface area contributed by atoms with Crippen molar-refractivity contribution in [3.05, 3.63) is 59.9 Å². The zero-order chi connectivity index (χ0) is 20.1. The van der Waals surface area contributed by atoms with E-state index in [1.165, 1.54) is 52.9 Å². The van der Waals surface area contributed by atoms with E-state index in [0.717, 1.165) is 5.69 Å². The molecular weight excluding hydrogens is 395 g/mol. The Morgan fingerprint density at radius 1 is 1.00 bits per heavy atom. The van der Waals surface area contributed by atoms with Crippen molar-refractivity contribution in [1.82, 2.24) is 10.2 Å². The molecule has 0 saturated heterocycles. The van der Waals surface area contributed by atoms with Crippen molar-refractivity contribution in [1.29, 1.82) is 0 Å². The first-order valence-electron chi connectivity index (χ1n) is 8.84. The number of carbonyl (C=O) groups is 1. The Kier molecular flexibility index (Phi) is 6.64. The molecule has 8 heteroatoms. The predicted octanol–water partition coefficient (Wildman–Crippen LogP) is 5.66. The van der Waals surface area contributed by atoms with Gasteiger partial charge in [-0.15, -0.1) is 10.2 Å². The Morgan fingerprint density at radius 2 is 1.64 bits per heavy atom. The summed E-state index contributed by atoms with van der Waals surface area (Å²) in [5.74, 6) is -0.0279. The highest BCUT2D eigenvalue weighted by molar-refractivity contribution is 8.02. The number of thioether (sulfide) groups is 1. The van der Waals surface area contributed by atoms with Crippen LogP contribution in [0.4, 0.5) is 20.9 Å². The second kappa shape index (κ2) is 9.16. The lowest BCUT2D eigenvalue weighted by Crippen LogP contribution is -2.22. The number of nitrogens with zero attached hydrogens (tertiary/aromatic N) is 2. The minimum atomic E-state index is -0.365. The topological polar surface area (TPSA) is 66.9 Å². The van der Waals surface area contributed by atoms with E-state index < -0.39 is 0 Å². The van der Waals surface area contributed by atoms with Crippen molar-refractivity contribution in [2.45, 2.75) is 36.3 Å². The summed E-state index contributed by atoms with van der Waals surface area (Å²) < 4.78 is 13.6. The molecule has 0 unspecified atom stereocenters. The molecule has 5 nitrogen and oxygen atoms in total. The van der Waals surface area contributed by atoms with Crippen LogP contribution in [0.15, 0.2) is 52.9 Å². The fourth-order valence-electron chi connectivity index (χ4n) is 2.36. The summed E-state index contributed by atoms with van der Waals surface area (Å²) in [6.07, 6.45) is 0. The number of amides is 1. The number of hydrogen-bond acceptors (Lipinski definition) is 6. The molecule has 0 spiro atoms. The Balaban J connectivity index is 1.55. The van der Waals surface area contributed by atoms with E-state index in [4.69, 9.17) is 0 Å². The first-order valence-corrected chi connectivity index (χ1v) is 10.5. The van der Waals surface area contributed by atoms with E-state index in [2.05, 4.69) is 46.8 Å². The first kappa shape index (κ1) is 20.3. The van der Waals surface area contributed by atoms with Gasteiger partial charge in [0.1, 0.15) is 5.82 Å². The fourth-order valence-corrected chi connectivity index (χ4v) is 4.28. The summed E-state index contributed by atoms with van der Waals surface area (Å²) in [6, 6.07) is 13.9. The molecule has 0 bridgehead atoms. The van der Waals surface area contributed by atoms with Gasteiger partial charge in [0, 0.05) is 11.4 Å². The van der Waals surface area contributed by atoms with Gasteiger partial charge in [-0.2, -0.15) is 0 Å². The maximum Gasteiger partial charge on any atom is 0.237 e. The summed E-state index contributed by atoms with van der Waals surface area (Å²) in [6.45, 7) is 6.11. The van der Waals surface area contributed by atoms with Crippen LogP contribution in [0, 0.1) is 5.82 Å². The SMILES string of the molecule is CC(C)c1ccc(Nc2nnc(S[C@H](C)C(=O)Nc3ccc(F)cc3)s2)cc1. The van der Waals surface area contributed by atoms with Crippen LogP contribution >= 0.6 is 23.1 Å². The van der Waals surface area contributed by atoms with E-state index in [-0.39, 0.29) is 17.0 Å². The van der Waals surface area contributed by atoms with Gasteiger partial charge < -0.3 is 10.6 Å². The number of carbonyl (C=O) groups excluding carboxylic acids is 1. The van der Waals surface area contributed by atoms with E-state index in [1.54, 1.807) is 6.92 Å². The summed E-state index contributed by atoms with van der Waals surface area (Å²) in [4.78, 5) is 12.3. The zero-order valence-electron chi connectivity index (χ0n) is 15.8. The van der Waals surface area contributed by atoms with Crippen LogP contribution in [0.5, 0.6) is 0 Å². The van der Waals surface area contributed by atoms with Crippen LogP contribution in [-0.4, -0.2) is 21.4 Å². The molecule has 2 aromatic carbocycles. The van der Waals surface area contributed by atoms with E-state index >= 15 is 0 Å². The van der Waals surface area contributed by atoms with E-state index in [0.29, 0.717) is 21.1 Å². The standard InChI is InChI=1S/C20H21FN4OS2/c1-12(2)14-4-8-17(9-5-14)23-19-24-25-20(28-19)27-13(3)18(26)22-16-10-6-15(21)7-11-16/h4-13H,1-3H3,(H,22,26)(H,23,24)/t13-/m1/s1. The lowest BCUT2D eigenvalue weighted by atomic mass is 10.0. The quantitative estimate of drug-likeness (QED) is 0.486. The predicted molar refractivity (Wildman–Crippen MR) is 114 cm³/mol. The Hall–Kier alpha value is -2.45. The maximum atomic E-state index is 12.9. The molecule has 0 aliphatic carbocycles. The summed E-state index contributed by atoms with van der Waals surface area (Å²) in [5.41, 5.74) is 2.78. The highest BCUT2D eigenvalue weighted by Crippen LogP contribution is 2.31. The molecular formula is C20H21FN4OS2. The van der Waals surface area contributed by atoms with Crippen LogP contribution in [-0.2, 0) is 4.79 Å². The first-order chi connectivity index (χ1) is 13.4. The molecule has 2 N–H and O–H groups in total. The number of anilines is 3. The van der Waals surface area contributed by atoms with Gasteiger partial charge >= 0.3 is 0 Å². The highest BCUT2D eigenvalue weighted by Gasteiger charge is 2.17. The summed E-state index contributed by atoms with van der Waals surface area (Å²) in [5, 5.41) is 14.6. The van der Waals surface area contributed by atoms with Crippen LogP contribution in [0.2, 0.25) is 0 Å². The Labute approximate surface area is 171 Å². The Bertz CT molecular complexity index is 926. The molecule has 1 aromatic heterocycles. The van der Waals surface area contributed by atoms with Crippen LogP contribution in [0.25, 0.3) is 0 Å². The van der Waals surface area contributed by atoms with Gasteiger partial charge in [-0.3, -0.25) is 4.79 Å². The molecule has 1 atom stereocenters. The molecule has 1 heterocycles. The monoisotopic (exact) mass is 416 g/mol. The smallest absolute Gasteiger partial charge is 0.237 e. The van der Waals surface area contributed by atoms with E-state index in [9.17, 15) is 9.18 Å². The van der Waals surface area contributed by atoms with Gasteiger partial charge in [0.15, 0.2) is 4.34 Å². The molecule has 0 aliphatic rings. The van der Waals surface area contributed by atoms with Gasteiger partial charge in [0.05, 0.1) is 5.25 Å². The highest BCUT2D eigenvalue weighted by atomic mass is 32.2. The number of aromatic nitrogens is 2. The van der Waals surface area contributed by atoms with Gasteiger partial charge in [0.25, 0.3) is 0 Å². The van der Waals surface area contributed by atoms with Gasteiger partial charge in [-0.1, -0.05) is 49.1 Å². The van der Waals surface area contributed by atoms with Crippen molar-refractivity contribution in [2.75, 3.05) is 10.6 Å². The molecule has 3 aromatic rings. The normalized spacial score (nSPS) is 12.0. The van der Waals surface area contributed by atoms with Crippen LogP contribution in [0.3, 0.4) is 0 Å². The van der Waals surface area contributed by atoms with Crippen LogP contribution in [0.1, 0.15) is 32.3 Å². The third-order valence-corrected chi connectivity index (χ3v) is 6.02. The third kappa shape index (κ3) is 5.53. The number of halogens is 1. The molecule has 3 rings (SSSR count). The molecule has 1 amide bonds.